The molecule has 1 N–H and O–H groups in total. The van der Waals surface area contributed by atoms with E-state index >= 15 is 0 Å². The van der Waals surface area contributed by atoms with Crippen LogP contribution < -0.4 is 10.1 Å². The number of nitrogens with one attached hydrogen (secondary N) is 1. The molecular formula is C18H25NO4. The van der Waals surface area contributed by atoms with Crippen molar-refractivity contribution < 1.29 is 19.1 Å². The summed E-state index contributed by atoms with van der Waals surface area (Å²) in [6, 6.07) is 7.81. The van der Waals surface area contributed by atoms with Crippen LogP contribution in [0.25, 0.3) is 0 Å². The molecule has 0 spiro atoms. The van der Waals surface area contributed by atoms with Crippen LogP contribution >= 0.6 is 0 Å². The SMILES string of the molecule is COc1ccccc1CCC(=O)OCC(=O)NC1CCCCC1. The van der Waals surface area contributed by atoms with E-state index in [9.17, 15) is 9.59 Å². The Morgan fingerprint density at radius 3 is 2.65 bits per heavy atom. The number of benzene rings is 1. The normalized spacial score (nSPS) is 15.0. The van der Waals surface area contributed by atoms with E-state index in [1.165, 1.54) is 6.42 Å². The van der Waals surface area contributed by atoms with Crippen molar-refractivity contribution in [1.29, 1.82) is 0 Å². The summed E-state index contributed by atoms with van der Waals surface area (Å²) in [7, 11) is 1.60. The second kappa shape index (κ2) is 9.18. The van der Waals surface area contributed by atoms with Crippen LogP contribution in [-0.2, 0) is 20.7 Å². The molecule has 0 unspecified atom stereocenters. The molecule has 1 aromatic carbocycles. The highest BCUT2D eigenvalue weighted by Crippen LogP contribution is 2.19. The standard InChI is InChI=1S/C18H25NO4/c1-22-16-10-6-5-7-14(16)11-12-18(21)23-13-17(20)19-15-8-3-2-4-9-15/h5-7,10,15H,2-4,8-9,11-13H2,1H3,(H,19,20). The van der Waals surface area contributed by atoms with E-state index < -0.39 is 0 Å². The van der Waals surface area contributed by atoms with Gasteiger partial charge in [-0.2, -0.15) is 0 Å². The van der Waals surface area contributed by atoms with Crippen LogP contribution in [0.1, 0.15) is 44.1 Å². The molecule has 5 heteroatoms. The van der Waals surface area contributed by atoms with Crippen molar-refractivity contribution in [1.82, 2.24) is 5.32 Å². The smallest absolute Gasteiger partial charge is 0.306 e. The summed E-state index contributed by atoms with van der Waals surface area (Å²) < 4.78 is 10.3. The molecule has 1 aliphatic rings. The average Bonchev–Trinajstić information content (AvgIpc) is 2.59. The molecule has 1 aliphatic carbocycles. The van der Waals surface area contributed by atoms with Crippen molar-refractivity contribution >= 4 is 11.9 Å². The predicted octanol–water partition coefficient (Wildman–Crippen LogP) is 2.62. The van der Waals surface area contributed by atoms with Gasteiger partial charge < -0.3 is 14.8 Å². The zero-order valence-electron chi connectivity index (χ0n) is 13.7. The van der Waals surface area contributed by atoms with E-state index in [-0.39, 0.29) is 30.9 Å². The van der Waals surface area contributed by atoms with Crippen molar-refractivity contribution in [3.05, 3.63) is 29.8 Å². The summed E-state index contributed by atoms with van der Waals surface area (Å²) in [5.74, 6) is 0.188. The fourth-order valence-electron chi connectivity index (χ4n) is 2.88. The van der Waals surface area contributed by atoms with Gasteiger partial charge in [0.15, 0.2) is 6.61 Å². The molecular weight excluding hydrogens is 294 g/mol. The Bertz CT molecular complexity index is 524. The Balaban J connectivity index is 1.67. The number of methoxy groups -OCH3 is 1. The lowest BCUT2D eigenvalue weighted by atomic mass is 9.95. The third-order valence-electron chi connectivity index (χ3n) is 4.13. The summed E-state index contributed by atoms with van der Waals surface area (Å²) in [5.41, 5.74) is 0.957. The number of amides is 1. The molecule has 0 saturated heterocycles. The highest BCUT2D eigenvalue weighted by atomic mass is 16.5. The van der Waals surface area contributed by atoms with E-state index in [0.29, 0.717) is 6.42 Å². The lowest BCUT2D eigenvalue weighted by molar-refractivity contribution is -0.148. The van der Waals surface area contributed by atoms with Gasteiger partial charge >= 0.3 is 5.97 Å². The molecule has 0 aromatic heterocycles. The number of aryl methyl sites for hydroxylation is 1. The summed E-state index contributed by atoms with van der Waals surface area (Å²) in [6.07, 6.45) is 6.36. The summed E-state index contributed by atoms with van der Waals surface area (Å²) >= 11 is 0. The average molecular weight is 319 g/mol. The molecule has 1 fully saturated rings. The number of esters is 1. The summed E-state index contributed by atoms with van der Waals surface area (Å²) in [6.45, 7) is -0.193. The van der Waals surface area contributed by atoms with Gasteiger partial charge in [-0.1, -0.05) is 37.5 Å². The fourth-order valence-corrected chi connectivity index (χ4v) is 2.88. The Hall–Kier alpha value is -2.04. The number of ether oxygens (including phenoxy) is 2. The second-order valence-electron chi connectivity index (χ2n) is 5.87. The third-order valence-corrected chi connectivity index (χ3v) is 4.13. The minimum Gasteiger partial charge on any atom is -0.496 e. The van der Waals surface area contributed by atoms with Gasteiger partial charge in [-0.05, 0) is 30.9 Å². The molecule has 0 atom stereocenters. The molecule has 126 valence electrons. The molecule has 2 rings (SSSR count). The predicted molar refractivity (Wildman–Crippen MR) is 87.3 cm³/mol. The molecule has 1 amide bonds. The molecule has 0 heterocycles. The zero-order chi connectivity index (χ0) is 16.5. The number of hydrogen-bond donors (Lipinski definition) is 1. The largest absolute Gasteiger partial charge is 0.496 e. The highest BCUT2D eigenvalue weighted by molar-refractivity contribution is 5.80. The van der Waals surface area contributed by atoms with Crippen molar-refractivity contribution in [2.45, 2.75) is 51.0 Å². The fraction of sp³-hybridized carbons (Fsp3) is 0.556. The highest BCUT2D eigenvalue weighted by Gasteiger charge is 2.16. The Morgan fingerprint density at radius 2 is 1.91 bits per heavy atom. The van der Waals surface area contributed by atoms with E-state index in [0.717, 1.165) is 37.0 Å². The van der Waals surface area contributed by atoms with Crippen LogP contribution in [0, 0.1) is 0 Å². The van der Waals surface area contributed by atoms with Gasteiger partial charge in [0.05, 0.1) is 7.11 Å². The topological polar surface area (TPSA) is 64.6 Å². The number of carbonyl (C=O) groups excluding carboxylic acids is 2. The Morgan fingerprint density at radius 1 is 1.17 bits per heavy atom. The van der Waals surface area contributed by atoms with Crippen LogP contribution in [0.15, 0.2) is 24.3 Å². The monoisotopic (exact) mass is 319 g/mol. The van der Waals surface area contributed by atoms with Gasteiger partial charge in [0.1, 0.15) is 5.75 Å². The van der Waals surface area contributed by atoms with Gasteiger partial charge in [-0.3, -0.25) is 9.59 Å². The van der Waals surface area contributed by atoms with Crippen LogP contribution in [0.3, 0.4) is 0 Å². The van der Waals surface area contributed by atoms with Crippen molar-refractivity contribution in [2.75, 3.05) is 13.7 Å². The number of hydrogen-bond acceptors (Lipinski definition) is 4. The lowest BCUT2D eigenvalue weighted by Gasteiger charge is -2.22. The molecule has 0 aliphatic heterocycles. The van der Waals surface area contributed by atoms with E-state index in [4.69, 9.17) is 9.47 Å². The number of rotatable bonds is 7. The van der Waals surface area contributed by atoms with Crippen LogP contribution in [0.5, 0.6) is 5.75 Å². The van der Waals surface area contributed by atoms with Crippen LogP contribution in [0.4, 0.5) is 0 Å². The maximum atomic E-state index is 11.8. The molecule has 0 bridgehead atoms. The van der Waals surface area contributed by atoms with Crippen LogP contribution in [-0.4, -0.2) is 31.6 Å². The minimum atomic E-state index is -0.366. The lowest BCUT2D eigenvalue weighted by Crippen LogP contribution is -2.38. The van der Waals surface area contributed by atoms with Gasteiger partial charge in [0, 0.05) is 12.5 Å². The maximum absolute atomic E-state index is 11.8. The van der Waals surface area contributed by atoms with Crippen LogP contribution in [0.2, 0.25) is 0 Å². The van der Waals surface area contributed by atoms with Gasteiger partial charge in [-0.25, -0.2) is 0 Å². The minimum absolute atomic E-state index is 0.193. The number of carbonyl (C=O) groups is 2. The summed E-state index contributed by atoms with van der Waals surface area (Å²) in [5, 5.41) is 2.93. The molecule has 5 nitrogen and oxygen atoms in total. The van der Waals surface area contributed by atoms with Crippen molar-refractivity contribution in [3.63, 3.8) is 0 Å². The van der Waals surface area contributed by atoms with Gasteiger partial charge in [-0.15, -0.1) is 0 Å². The first kappa shape index (κ1) is 17.3. The zero-order valence-corrected chi connectivity index (χ0v) is 13.7. The van der Waals surface area contributed by atoms with Gasteiger partial charge in [0.25, 0.3) is 5.91 Å². The second-order valence-corrected chi connectivity index (χ2v) is 5.87. The Kier molecular flexibility index (Phi) is 6.91. The Labute approximate surface area is 137 Å². The van der Waals surface area contributed by atoms with Crippen molar-refractivity contribution in [2.24, 2.45) is 0 Å². The third kappa shape index (κ3) is 5.93. The van der Waals surface area contributed by atoms with Gasteiger partial charge in [0.2, 0.25) is 0 Å². The first-order valence-corrected chi connectivity index (χ1v) is 8.26. The molecule has 1 aromatic rings. The summed E-state index contributed by atoms with van der Waals surface area (Å²) in [4.78, 5) is 23.6. The molecule has 23 heavy (non-hydrogen) atoms. The first-order chi connectivity index (χ1) is 11.2. The van der Waals surface area contributed by atoms with Crippen molar-refractivity contribution in [3.8, 4) is 5.75 Å². The van der Waals surface area contributed by atoms with E-state index in [1.807, 2.05) is 24.3 Å². The number of para-hydroxylation sites is 1. The first-order valence-electron chi connectivity index (χ1n) is 8.26. The molecule has 1 saturated carbocycles. The maximum Gasteiger partial charge on any atom is 0.306 e. The van der Waals surface area contributed by atoms with E-state index in [1.54, 1.807) is 7.11 Å². The molecule has 0 radical (unpaired) electrons. The quantitative estimate of drug-likeness (QED) is 0.785. The van der Waals surface area contributed by atoms with E-state index in [2.05, 4.69) is 5.32 Å².